The van der Waals surface area contributed by atoms with Crippen LogP contribution in [0.3, 0.4) is 0 Å². The number of rotatable bonds is 7. The lowest BCUT2D eigenvalue weighted by molar-refractivity contribution is -0.138. The highest BCUT2D eigenvalue weighted by Gasteiger charge is 2.28. The van der Waals surface area contributed by atoms with Crippen LogP contribution in [0, 0.1) is 5.82 Å². The zero-order valence-corrected chi connectivity index (χ0v) is 14.8. The maximum Gasteiger partial charge on any atom is 0.260 e. The molecule has 24 heavy (non-hydrogen) atoms. The molecule has 0 aliphatic carbocycles. The number of carbonyl (C=O) groups excluding carboxylic acids is 3. The number of nitrogens with one attached hydrogen (secondary N) is 1. The third-order valence-corrected chi connectivity index (χ3v) is 4.20. The zero-order valence-electron chi connectivity index (χ0n) is 13.2. The van der Waals surface area contributed by atoms with Gasteiger partial charge in [-0.15, -0.1) is 0 Å². The first-order valence-electron chi connectivity index (χ1n) is 7.61. The number of hydrogen-bond donors (Lipinski definition) is 1. The molecule has 3 amide bonds. The number of imide groups is 1. The van der Waals surface area contributed by atoms with Gasteiger partial charge in [0.2, 0.25) is 11.8 Å². The largest absolute Gasteiger partial charge is 0.480 e. The van der Waals surface area contributed by atoms with Gasteiger partial charge >= 0.3 is 0 Å². The summed E-state index contributed by atoms with van der Waals surface area (Å²) in [5.74, 6) is -0.691. The monoisotopic (exact) mass is 400 g/mol. The highest BCUT2D eigenvalue weighted by molar-refractivity contribution is 9.10. The van der Waals surface area contributed by atoms with Gasteiger partial charge < -0.3 is 10.1 Å². The summed E-state index contributed by atoms with van der Waals surface area (Å²) in [7, 11) is 0. The van der Waals surface area contributed by atoms with Gasteiger partial charge in [0.05, 0.1) is 4.47 Å². The summed E-state index contributed by atoms with van der Waals surface area (Å²) in [6.45, 7) is 2.21. The highest BCUT2D eigenvalue weighted by atomic mass is 79.9. The van der Waals surface area contributed by atoms with Crippen molar-refractivity contribution in [1.82, 2.24) is 10.2 Å². The lowest BCUT2D eigenvalue weighted by atomic mass is 10.3. The van der Waals surface area contributed by atoms with E-state index in [1.165, 1.54) is 23.1 Å². The first kappa shape index (κ1) is 18.4. The Bertz CT molecular complexity index is 637. The molecule has 6 nitrogen and oxygen atoms in total. The summed E-state index contributed by atoms with van der Waals surface area (Å²) in [4.78, 5) is 36.1. The van der Waals surface area contributed by atoms with Crippen molar-refractivity contribution in [1.29, 1.82) is 0 Å². The molecule has 130 valence electrons. The van der Waals surface area contributed by atoms with Crippen molar-refractivity contribution >= 4 is 33.7 Å². The summed E-state index contributed by atoms with van der Waals surface area (Å²) in [6.07, 6.45) is 0.253. The van der Waals surface area contributed by atoms with Crippen molar-refractivity contribution in [2.45, 2.75) is 32.3 Å². The van der Waals surface area contributed by atoms with Crippen molar-refractivity contribution in [2.24, 2.45) is 0 Å². The first-order chi connectivity index (χ1) is 11.4. The summed E-state index contributed by atoms with van der Waals surface area (Å²) in [5, 5.41) is 2.68. The maximum absolute atomic E-state index is 13.0. The second-order valence-electron chi connectivity index (χ2n) is 5.42. The van der Waals surface area contributed by atoms with Gasteiger partial charge in [0, 0.05) is 25.9 Å². The highest BCUT2D eigenvalue weighted by Crippen LogP contribution is 2.26. The quantitative estimate of drug-likeness (QED) is 0.560. The molecule has 1 aliphatic heterocycles. The molecule has 1 saturated heterocycles. The summed E-state index contributed by atoms with van der Waals surface area (Å²) in [5.41, 5.74) is 0. The molecule has 0 aromatic heterocycles. The maximum atomic E-state index is 13.0. The number of ether oxygens (including phenoxy) is 1. The number of halogens is 2. The topological polar surface area (TPSA) is 75.7 Å². The molecule has 1 fully saturated rings. The van der Waals surface area contributed by atoms with Crippen molar-refractivity contribution in [3.8, 4) is 5.75 Å². The van der Waals surface area contributed by atoms with E-state index in [1.54, 1.807) is 6.92 Å². The Kier molecular flexibility index (Phi) is 6.30. The molecule has 1 heterocycles. The van der Waals surface area contributed by atoms with Gasteiger partial charge in [-0.2, -0.15) is 0 Å². The van der Waals surface area contributed by atoms with Crippen LogP contribution in [-0.4, -0.2) is 41.8 Å². The molecule has 1 aromatic carbocycles. The van der Waals surface area contributed by atoms with Crippen LogP contribution < -0.4 is 10.1 Å². The second-order valence-corrected chi connectivity index (χ2v) is 6.27. The third kappa shape index (κ3) is 4.77. The van der Waals surface area contributed by atoms with Crippen LogP contribution in [0.1, 0.15) is 26.2 Å². The van der Waals surface area contributed by atoms with E-state index < -0.39 is 11.9 Å². The van der Waals surface area contributed by atoms with Crippen LogP contribution in [0.4, 0.5) is 4.39 Å². The van der Waals surface area contributed by atoms with Crippen LogP contribution >= 0.6 is 15.9 Å². The van der Waals surface area contributed by atoms with Gasteiger partial charge in [0.25, 0.3) is 5.91 Å². The molecule has 0 spiro atoms. The molecule has 0 saturated carbocycles. The van der Waals surface area contributed by atoms with Crippen molar-refractivity contribution in [3.63, 3.8) is 0 Å². The molecule has 2 rings (SSSR count). The average molecular weight is 401 g/mol. The molecule has 1 aromatic rings. The van der Waals surface area contributed by atoms with Gasteiger partial charge in [-0.1, -0.05) is 0 Å². The van der Waals surface area contributed by atoms with Crippen molar-refractivity contribution in [2.75, 3.05) is 13.1 Å². The molecular weight excluding hydrogens is 383 g/mol. The Morgan fingerprint density at radius 3 is 2.67 bits per heavy atom. The van der Waals surface area contributed by atoms with E-state index in [-0.39, 0.29) is 30.6 Å². The van der Waals surface area contributed by atoms with Crippen LogP contribution in [-0.2, 0) is 14.4 Å². The van der Waals surface area contributed by atoms with Gasteiger partial charge in [-0.25, -0.2) is 4.39 Å². The van der Waals surface area contributed by atoms with Crippen LogP contribution in [0.15, 0.2) is 22.7 Å². The first-order valence-corrected chi connectivity index (χ1v) is 8.40. The summed E-state index contributed by atoms with van der Waals surface area (Å²) in [6, 6.07) is 3.94. The number of nitrogens with zero attached hydrogens (tertiary/aromatic N) is 1. The average Bonchev–Trinajstić information content (AvgIpc) is 2.85. The smallest absolute Gasteiger partial charge is 0.260 e. The Morgan fingerprint density at radius 1 is 1.38 bits per heavy atom. The van der Waals surface area contributed by atoms with Crippen LogP contribution in [0.25, 0.3) is 0 Å². The predicted octanol–water partition coefficient (Wildman–Crippen LogP) is 2.01. The fourth-order valence-corrected chi connectivity index (χ4v) is 2.72. The van der Waals surface area contributed by atoms with E-state index >= 15 is 0 Å². The Morgan fingerprint density at radius 2 is 2.04 bits per heavy atom. The fraction of sp³-hybridized carbons (Fsp3) is 0.438. The Labute approximate surface area is 147 Å². The zero-order chi connectivity index (χ0) is 17.7. The summed E-state index contributed by atoms with van der Waals surface area (Å²) < 4.78 is 18.9. The lowest BCUT2D eigenvalue weighted by Crippen LogP contribution is -2.38. The van der Waals surface area contributed by atoms with E-state index in [2.05, 4.69) is 21.2 Å². The van der Waals surface area contributed by atoms with Gasteiger partial charge in [0.1, 0.15) is 11.6 Å². The molecule has 0 bridgehead atoms. The third-order valence-electron chi connectivity index (χ3n) is 3.58. The number of benzene rings is 1. The molecular formula is C16H18BrFN2O4. The minimum Gasteiger partial charge on any atom is -0.480 e. The Hall–Kier alpha value is -1.96. The normalized spacial score (nSPS) is 15.5. The van der Waals surface area contributed by atoms with E-state index in [1.807, 2.05) is 0 Å². The van der Waals surface area contributed by atoms with Gasteiger partial charge in [0.15, 0.2) is 6.10 Å². The van der Waals surface area contributed by atoms with Crippen LogP contribution in [0.2, 0.25) is 0 Å². The molecule has 0 radical (unpaired) electrons. The fourth-order valence-electron chi connectivity index (χ4n) is 2.28. The standard InChI is InChI=1S/C16H18BrFN2O4/c1-10(24-13-4-3-11(18)9-12(13)17)16(23)19-7-2-8-20-14(21)5-6-15(20)22/h3-4,9-10H,2,5-8H2,1H3,(H,19,23). The SMILES string of the molecule is CC(Oc1ccc(F)cc1Br)C(=O)NCCCN1C(=O)CCC1=O. The Balaban J connectivity index is 1.73. The van der Waals surface area contributed by atoms with E-state index in [0.29, 0.717) is 29.7 Å². The number of amides is 3. The molecule has 1 atom stereocenters. The minimum atomic E-state index is -0.762. The molecule has 8 heteroatoms. The minimum absolute atomic E-state index is 0.163. The molecule has 1 unspecified atom stereocenters. The summed E-state index contributed by atoms with van der Waals surface area (Å²) >= 11 is 3.17. The van der Waals surface area contributed by atoms with E-state index in [0.717, 1.165) is 0 Å². The van der Waals surface area contributed by atoms with Crippen molar-refractivity contribution < 1.29 is 23.5 Å². The second kappa shape index (κ2) is 8.23. The van der Waals surface area contributed by atoms with Gasteiger partial charge in [-0.3, -0.25) is 19.3 Å². The van der Waals surface area contributed by atoms with Gasteiger partial charge in [-0.05, 0) is 47.5 Å². The lowest BCUT2D eigenvalue weighted by Gasteiger charge is -2.17. The van der Waals surface area contributed by atoms with E-state index in [9.17, 15) is 18.8 Å². The molecule has 1 N–H and O–H groups in total. The van der Waals surface area contributed by atoms with Crippen LogP contribution in [0.5, 0.6) is 5.75 Å². The van der Waals surface area contributed by atoms with E-state index in [4.69, 9.17) is 4.74 Å². The number of likely N-dealkylation sites (tertiary alicyclic amines) is 1. The van der Waals surface area contributed by atoms with Crippen molar-refractivity contribution in [3.05, 3.63) is 28.5 Å². The number of hydrogen-bond acceptors (Lipinski definition) is 4. The molecule has 1 aliphatic rings. The number of carbonyl (C=O) groups is 3. The predicted molar refractivity (Wildman–Crippen MR) is 87.8 cm³/mol.